The molecule has 3 nitrogen and oxygen atoms in total. The van der Waals surface area contributed by atoms with Crippen LogP contribution in [0.5, 0.6) is 0 Å². The van der Waals surface area contributed by atoms with Gasteiger partial charge in [0.2, 0.25) is 0 Å². The molecule has 22 heavy (non-hydrogen) atoms. The molecule has 0 aromatic heterocycles. The highest BCUT2D eigenvalue weighted by Crippen LogP contribution is 2.42. The van der Waals surface area contributed by atoms with Crippen molar-refractivity contribution < 1.29 is 0 Å². The van der Waals surface area contributed by atoms with Crippen LogP contribution in [0.25, 0.3) is 0 Å². The lowest BCUT2D eigenvalue weighted by atomic mass is 9.73. The maximum atomic E-state index is 3.71. The van der Waals surface area contributed by atoms with Gasteiger partial charge < -0.3 is 10.2 Å². The van der Waals surface area contributed by atoms with Crippen molar-refractivity contribution in [2.75, 3.05) is 33.7 Å². The van der Waals surface area contributed by atoms with Crippen LogP contribution in [0.1, 0.15) is 31.2 Å². The molecule has 4 heteroatoms. The summed E-state index contributed by atoms with van der Waals surface area (Å²) in [7, 11) is 4.40. The molecule has 0 radical (unpaired) electrons. The number of hydrogen-bond donors (Lipinski definition) is 1. The quantitative estimate of drug-likeness (QED) is 0.888. The molecule has 2 aliphatic heterocycles. The Morgan fingerprint density at radius 2 is 1.95 bits per heavy atom. The Kier molecular flexibility index (Phi) is 5.23. The molecule has 2 aliphatic rings. The van der Waals surface area contributed by atoms with Gasteiger partial charge in [0.15, 0.2) is 0 Å². The van der Waals surface area contributed by atoms with E-state index in [1.807, 2.05) is 0 Å². The van der Waals surface area contributed by atoms with Crippen LogP contribution >= 0.6 is 15.9 Å². The third kappa shape index (κ3) is 3.12. The lowest BCUT2D eigenvalue weighted by Crippen LogP contribution is -2.67. The Labute approximate surface area is 143 Å². The molecule has 4 atom stereocenters. The first-order chi connectivity index (χ1) is 10.6. The van der Waals surface area contributed by atoms with Crippen molar-refractivity contribution in [2.45, 2.75) is 43.8 Å². The Morgan fingerprint density at radius 1 is 1.23 bits per heavy atom. The number of hydrogen-bond acceptors (Lipinski definition) is 3. The number of rotatable bonds is 3. The minimum Gasteiger partial charge on any atom is -0.314 e. The minimum atomic E-state index is 0.658. The van der Waals surface area contributed by atoms with Crippen LogP contribution < -0.4 is 5.32 Å². The first-order valence-electron chi connectivity index (χ1n) is 8.50. The van der Waals surface area contributed by atoms with Gasteiger partial charge in [0, 0.05) is 48.2 Å². The van der Waals surface area contributed by atoms with E-state index in [0.717, 1.165) is 13.1 Å². The largest absolute Gasteiger partial charge is 0.314 e. The zero-order valence-corrected chi connectivity index (χ0v) is 15.5. The highest BCUT2D eigenvalue weighted by molar-refractivity contribution is 9.10. The molecule has 0 saturated carbocycles. The lowest BCUT2D eigenvalue weighted by Gasteiger charge is -2.57. The summed E-state index contributed by atoms with van der Waals surface area (Å²) in [5, 5.41) is 3.71. The van der Waals surface area contributed by atoms with Gasteiger partial charge in [-0.05, 0) is 44.6 Å². The number of likely N-dealkylation sites (N-methyl/N-ethyl adjacent to an activating group) is 1. The van der Waals surface area contributed by atoms with Gasteiger partial charge in [-0.25, -0.2) is 0 Å². The predicted octanol–water partition coefficient (Wildman–Crippen LogP) is 2.92. The number of nitrogens with zero attached hydrogens (tertiary/aromatic N) is 2. The maximum Gasteiger partial charge on any atom is 0.0307 e. The molecule has 2 saturated heterocycles. The van der Waals surface area contributed by atoms with E-state index in [0.29, 0.717) is 24.0 Å². The van der Waals surface area contributed by atoms with Crippen LogP contribution in [0.4, 0.5) is 0 Å². The Morgan fingerprint density at radius 3 is 2.59 bits per heavy atom. The Bertz CT molecular complexity index is 488. The molecule has 0 unspecified atom stereocenters. The van der Waals surface area contributed by atoms with E-state index in [9.17, 15) is 0 Å². The number of fused-ring (bicyclic) bond motifs is 1. The summed E-state index contributed by atoms with van der Waals surface area (Å²) < 4.78 is 1.17. The molecule has 0 spiro atoms. The highest BCUT2D eigenvalue weighted by atomic mass is 79.9. The van der Waals surface area contributed by atoms with Crippen LogP contribution in [-0.2, 0) is 0 Å². The molecule has 0 amide bonds. The second-order valence-corrected chi connectivity index (χ2v) is 7.84. The average Bonchev–Trinajstić information content (AvgIpc) is 2.47. The Hall–Kier alpha value is -0.420. The van der Waals surface area contributed by atoms with Crippen LogP contribution in [0, 0.1) is 0 Å². The summed E-state index contributed by atoms with van der Waals surface area (Å²) in [6.07, 6.45) is 2.50. The number of halogens is 1. The predicted molar refractivity (Wildman–Crippen MR) is 96.4 cm³/mol. The van der Waals surface area contributed by atoms with Gasteiger partial charge in [0.1, 0.15) is 0 Å². The lowest BCUT2D eigenvalue weighted by molar-refractivity contribution is -0.0283. The van der Waals surface area contributed by atoms with Crippen LogP contribution in [-0.4, -0.2) is 61.7 Å². The summed E-state index contributed by atoms with van der Waals surface area (Å²) in [4.78, 5) is 5.11. The molecule has 2 fully saturated rings. The third-order valence-electron chi connectivity index (χ3n) is 5.54. The Balaban J connectivity index is 1.74. The first kappa shape index (κ1) is 16.4. The maximum absolute atomic E-state index is 3.71. The molecule has 122 valence electrons. The van der Waals surface area contributed by atoms with Crippen LogP contribution in [0.15, 0.2) is 28.7 Å². The molecule has 2 heterocycles. The van der Waals surface area contributed by atoms with Gasteiger partial charge in [0.05, 0.1) is 0 Å². The zero-order chi connectivity index (χ0) is 15.7. The second kappa shape index (κ2) is 7.00. The fourth-order valence-electron chi connectivity index (χ4n) is 4.25. The van der Waals surface area contributed by atoms with E-state index in [4.69, 9.17) is 0 Å². The smallest absolute Gasteiger partial charge is 0.0307 e. The van der Waals surface area contributed by atoms with Crippen molar-refractivity contribution in [2.24, 2.45) is 0 Å². The molecule has 1 N–H and O–H groups in total. The van der Waals surface area contributed by atoms with Crippen LogP contribution in [0.3, 0.4) is 0 Å². The van der Waals surface area contributed by atoms with E-state index in [1.165, 1.54) is 29.4 Å². The zero-order valence-electron chi connectivity index (χ0n) is 13.9. The second-order valence-electron chi connectivity index (χ2n) is 6.92. The number of nitrogens with one attached hydrogen (secondary N) is 1. The molecule has 1 aromatic carbocycles. The van der Waals surface area contributed by atoms with Crippen molar-refractivity contribution in [3.05, 3.63) is 34.3 Å². The fourth-order valence-corrected chi connectivity index (χ4v) is 4.51. The van der Waals surface area contributed by atoms with Gasteiger partial charge in [-0.1, -0.05) is 35.0 Å². The fraction of sp³-hybridized carbons (Fsp3) is 0.667. The van der Waals surface area contributed by atoms with Crippen molar-refractivity contribution in [3.63, 3.8) is 0 Å². The summed E-state index contributed by atoms with van der Waals surface area (Å²) >= 11 is 3.55. The summed E-state index contributed by atoms with van der Waals surface area (Å²) in [5.41, 5.74) is 1.50. The van der Waals surface area contributed by atoms with Gasteiger partial charge in [-0.15, -0.1) is 0 Å². The first-order valence-corrected chi connectivity index (χ1v) is 9.29. The van der Waals surface area contributed by atoms with E-state index in [1.54, 1.807) is 0 Å². The van der Waals surface area contributed by atoms with Crippen LogP contribution in [0.2, 0.25) is 0 Å². The minimum absolute atomic E-state index is 0.658. The summed E-state index contributed by atoms with van der Waals surface area (Å²) in [6, 6.07) is 11.0. The normalized spacial score (nSPS) is 33.0. The van der Waals surface area contributed by atoms with Gasteiger partial charge in [0.25, 0.3) is 0 Å². The SMILES string of the molecule is CC[C@@H]1[C@H](c2ccc(Br)cc2)[C@@H]2CNC[C@@H](N(C)C)CCN12. The van der Waals surface area contributed by atoms with Crippen molar-refractivity contribution in [3.8, 4) is 0 Å². The third-order valence-corrected chi connectivity index (χ3v) is 6.07. The molecule has 1 aromatic rings. The monoisotopic (exact) mass is 365 g/mol. The van der Waals surface area contributed by atoms with Crippen molar-refractivity contribution in [1.82, 2.24) is 15.1 Å². The van der Waals surface area contributed by atoms with Crippen molar-refractivity contribution in [1.29, 1.82) is 0 Å². The van der Waals surface area contributed by atoms with E-state index in [2.05, 4.69) is 76.3 Å². The topological polar surface area (TPSA) is 18.5 Å². The van der Waals surface area contributed by atoms with E-state index >= 15 is 0 Å². The molecule has 3 rings (SSSR count). The standard InChI is InChI=1S/C18H28BrN3/c1-4-16-18(13-5-7-14(19)8-6-13)17-12-20-11-15(21(2)3)9-10-22(16)17/h5-8,15-18,20H,4,9-12H2,1-3H3/t15-,16+,17-,18-/m0/s1. The average molecular weight is 366 g/mol. The molecular formula is C18H28BrN3. The van der Waals surface area contributed by atoms with Gasteiger partial charge in [-0.2, -0.15) is 0 Å². The molecule has 0 bridgehead atoms. The molecule has 0 aliphatic carbocycles. The number of benzene rings is 1. The van der Waals surface area contributed by atoms with Gasteiger partial charge in [-0.3, -0.25) is 4.90 Å². The van der Waals surface area contributed by atoms with E-state index < -0.39 is 0 Å². The van der Waals surface area contributed by atoms with Gasteiger partial charge >= 0.3 is 0 Å². The van der Waals surface area contributed by atoms with E-state index in [-0.39, 0.29) is 0 Å². The highest BCUT2D eigenvalue weighted by Gasteiger charge is 2.47. The summed E-state index contributed by atoms with van der Waals surface area (Å²) in [6.45, 7) is 5.80. The summed E-state index contributed by atoms with van der Waals surface area (Å²) in [5.74, 6) is 0.682. The molecular weight excluding hydrogens is 338 g/mol. The van der Waals surface area contributed by atoms with Crippen molar-refractivity contribution >= 4 is 15.9 Å².